The molecule has 1 aliphatic rings. The van der Waals surface area contributed by atoms with E-state index in [0.29, 0.717) is 6.61 Å². The van der Waals surface area contributed by atoms with Crippen molar-refractivity contribution in [2.24, 2.45) is 5.73 Å². The Bertz CT molecular complexity index is 268. The lowest BCUT2D eigenvalue weighted by atomic mass is 9.90. The van der Waals surface area contributed by atoms with Crippen LogP contribution in [0, 0.1) is 0 Å². The van der Waals surface area contributed by atoms with Crippen molar-refractivity contribution in [3.63, 3.8) is 0 Å². The summed E-state index contributed by atoms with van der Waals surface area (Å²) in [6, 6.07) is 5.83. The van der Waals surface area contributed by atoms with Gasteiger partial charge in [0.2, 0.25) is 0 Å². The fourth-order valence-corrected chi connectivity index (χ4v) is 1.68. The standard InChI is InChI=1S/C10H14N2O/c11-10(5-3-7-13-8-10)9-4-1-2-6-12-9/h1-2,4,6H,3,5,7-8,11H2. The molecular weight excluding hydrogens is 164 g/mol. The third-order valence-corrected chi connectivity index (χ3v) is 2.45. The van der Waals surface area contributed by atoms with E-state index in [9.17, 15) is 0 Å². The monoisotopic (exact) mass is 178 g/mol. The van der Waals surface area contributed by atoms with Crippen LogP contribution in [-0.4, -0.2) is 18.2 Å². The van der Waals surface area contributed by atoms with E-state index in [1.807, 2.05) is 18.2 Å². The molecule has 1 fully saturated rings. The van der Waals surface area contributed by atoms with Crippen molar-refractivity contribution in [1.29, 1.82) is 0 Å². The van der Waals surface area contributed by atoms with Gasteiger partial charge in [-0.15, -0.1) is 0 Å². The van der Waals surface area contributed by atoms with Gasteiger partial charge in [0.05, 0.1) is 17.8 Å². The summed E-state index contributed by atoms with van der Waals surface area (Å²) in [5, 5.41) is 0. The second-order valence-corrected chi connectivity index (χ2v) is 3.53. The van der Waals surface area contributed by atoms with Gasteiger partial charge >= 0.3 is 0 Å². The molecule has 70 valence electrons. The van der Waals surface area contributed by atoms with Crippen LogP contribution in [0.3, 0.4) is 0 Å². The number of ether oxygens (including phenoxy) is 1. The van der Waals surface area contributed by atoms with Gasteiger partial charge in [0.1, 0.15) is 0 Å². The number of aromatic nitrogens is 1. The van der Waals surface area contributed by atoms with E-state index in [1.54, 1.807) is 6.20 Å². The molecule has 1 aliphatic heterocycles. The normalized spacial score (nSPS) is 28.7. The average molecular weight is 178 g/mol. The number of hydrogen-bond donors (Lipinski definition) is 1. The van der Waals surface area contributed by atoms with E-state index in [1.165, 1.54) is 0 Å². The van der Waals surface area contributed by atoms with E-state index in [4.69, 9.17) is 10.5 Å². The first-order valence-corrected chi connectivity index (χ1v) is 4.59. The predicted molar refractivity (Wildman–Crippen MR) is 50.2 cm³/mol. The summed E-state index contributed by atoms with van der Waals surface area (Å²) >= 11 is 0. The Hall–Kier alpha value is -0.930. The molecule has 1 saturated heterocycles. The Morgan fingerprint density at radius 1 is 1.46 bits per heavy atom. The lowest BCUT2D eigenvalue weighted by Gasteiger charge is -2.32. The molecule has 0 amide bonds. The Labute approximate surface area is 77.9 Å². The van der Waals surface area contributed by atoms with Gasteiger partial charge < -0.3 is 10.5 Å². The average Bonchev–Trinajstić information content (AvgIpc) is 2.20. The summed E-state index contributed by atoms with van der Waals surface area (Å²) < 4.78 is 5.37. The SMILES string of the molecule is NC1(c2ccccn2)CCCOC1. The van der Waals surface area contributed by atoms with Gasteiger partial charge in [-0.05, 0) is 25.0 Å². The molecular formula is C10H14N2O. The maximum atomic E-state index is 6.19. The van der Waals surface area contributed by atoms with Crippen LogP contribution in [0.5, 0.6) is 0 Å². The van der Waals surface area contributed by atoms with Crippen LogP contribution < -0.4 is 5.73 Å². The summed E-state index contributed by atoms with van der Waals surface area (Å²) in [7, 11) is 0. The molecule has 3 heteroatoms. The van der Waals surface area contributed by atoms with Crippen LogP contribution in [-0.2, 0) is 10.3 Å². The van der Waals surface area contributed by atoms with Crippen LogP contribution in [0.15, 0.2) is 24.4 Å². The summed E-state index contributed by atoms with van der Waals surface area (Å²) in [5.41, 5.74) is 6.77. The van der Waals surface area contributed by atoms with Gasteiger partial charge in [-0.1, -0.05) is 6.07 Å². The molecule has 1 unspecified atom stereocenters. The molecule has 0 spiro atoms. The molecule has 0 bridgehead atoms. The number of nitrogens with zero attached hydrogens (tertiary/aromatic N) is 1. The Morgan fingerprint density at radius 3 is 3.00 bits per heavy atom. The van der Waals surface area contributed by atoms with Crippen LogP contribution >= 0.6 is 0 Å². The first-order chi connectivity index (χ1) is 6.31. The Balaban J connectivity index is 2.23. The number of nitrogens with two attached hydrogens (primary N) is 1. The molecule has 0 radical (unpaired) electrons. The number of pyridine rings is 1. The van der Waals surface area contributed by atoms with Gasteiger partial charge in [-0.25, -0.2) is 0 Å². The molecule has 13 heavy (non-hydrogen) atoms. The number of rotatable bonds is 1. The highest BCUT2D eigenvalue weighted by molar-refractivity contribution is 5.15. The smallest absolute Gasteiger partial charge is 0.0821 e. The van der Waals surface area contributed by atoms with E-state index in [0.717, 1.165) is 25.1 Å². The van der Waals surface area contributed by atoms with Gasteiger partial charge in [-0.2, -0.15) is 0 Å². The van der Waals surface area contributed by atoms with Crippen molar-refractivity contribution in [3.05, 3.63) is 30.1 Å². The molecule has 0 saturated carbocycles. The van der Waals surface area contributed by atoms with E-state index >= 15 is 0 Å². The van der Waals surface area contributed by atoms with E-state index < -0.39 is 0 Å². The maximum absolute atomic E-state index is 6.19. The van der Waals surface area contributed by atoms with Gasteiger partial charge in [-0.3, -0.25) is 4.98 Å². The zero-order chi connectivity index (χ0) is 9.15. The minimum atomic E-state index is -0.362. The third kappa shape index (κ3) is 1.71. The predicted octanol–water partition coefficient (Wildman–Crippen LogP) is 1.05. The maximum Gasteiger partial charge on any atom is 0.0821 e. The molecule has 1 aromatic rings. The van der Waals surface area contributed by atoms with Gasteiger partial charge in [0.25, 0.3) is 0 Å². The molecule has 2 rings (SSSR count). The molecule has 2 N–H and O–H groups in total. The van der Waals surface area contributed by atoms with E-state index in [-0.39, 0.29) is 5.54 Å². The fraction of sp³-hybridized carbons (Fsp3) is 0.500. The second-order valence-electron chi connectivity index (χ2n) is 3.53. The fourth-order valence-electron chi connectivity index (χ4n) is 1.68. The zero-order valence-electron chi connectivity index (χ0n) is 7.57. The lowest BCUT2D eigenvalue weighted by molar-refractivity contribution is 0.0349. The summed E-state index contributed by atoms with van der Waals surface area (Å²) in [6.45, 7) is 1.41. The summed E-state index contributed by atoms with van der Waals surface area (Å²) in [4.78, 5) is 4.27. The van der Waals surface area contributed by atoms with Crippen molar-refractivity contribution in [2.45, 2.75) is 18.4 Å². The molecule has 1 atom stereocenters. The van der Waals surface area contributed by atoms with Crippen LogP contribution in [0.2, 0.25) is 0 Å². The highest BCUT2D eigenvalue weighted by Crippen LogP contribution is 2.25. The highest BCUT2D eigenvalue weighted by Gasteiger charge is 2.31. The third-order valence-electron chi connectivity index (χ3n) is 2.45. The Morgan fingerprint density at radius 2 is 2.38 bits per heavy atom. The first-order valence-electron chi connectivity index (χ1n) is 4.59. The first kappa shape index (κ1) is 8.66. The molecule has 3 nitrogen and oxygen atoms in total. The number of hydrogen-bond acceptors (Lipinski definition) is 3. The highest BCUT2D eigenvalue weighted by atomic mass is 16.5. The summed E-state index contributed by atoms with van der Waals surface area (Å²) in [5.74, 6) is 0. The minimum absolute atomic E-state index is 0.362. The van der Waals surface area contributed by atoms with Gasteiger partial charge in [0.15, 0.2) is 0 Å². The van der Waals surface area contributed by atoms with Crippen molar-refractivity contribution in [3.8, 4) is 0 Å². The quantitative estimate of drug-likeness (QED) is 0.699. The molecule has 2 heterocycles. The van der Waals surface area contributed by atoms with Crippen LogP contribution in [0.4, 0.5) is 0 Å². The van der Waals surface area contributed by atoms with Crippen molar-refractivity contribution in [2.75, 3.05) is 13.2 Å². The molecule has 0 aliphatic carbocycles. The second kappa shape index (κ2) is 3.44. The minimum Gasteiger partial charge on any atom is -0.379 e. The zero-order valence-corrected chi connectivity index (χ0v) is 7.57. The van der Waals surface area contributed by atoms with Crippen LogP contribution in [0.25, 0.3) is 0 Å². The largest absolute Gasteiger partial charge is 0.379 e. The van der Waals surface area contributed by atoms with Crippen molar-refractivity contribution < 1.29 is 4.74 Å². The van der Waals surface area contributed by atoms with Crippen molar-refractivity contribution >= 4 is 0 Å². The Kier molecular flexibility index (Phi) is 2.29. The topological polar surface area (TPSA) is 48.1 Å². The molecule has 0 aromatic carbocycles. The van der Waals surface area contributed by atoms with Crippen LogP contribution in [0.1, 0.15) is 18.5 Å². The van der Waals surface area contributed by atoms with E-state index in [2.05, 4.69) is 4.98 Å². The van der Waals surface area contributed by atoms with Gasteiger partial charge in [0, 0.05) is 12.8 Å². The lowest BCUT2D eigenvalue weighted by Crippen LogP contribution is -2.45. The molecule has 1 aromatic heterocycles. The van der Waals surface area contributed by atoms with Crippen molar-refractivity contribution in [1.82, 2.24) is 4.98 Å². The summed E-state index contributed by atoms with van der Waals surface area (Å²) in [6.07, 6.45) is 3.76.